The van der Waals surface area contributed by atoms with E-state index in [-0.39, 0.29) is 12.0 Å². The molecule has 3 rings (SSSR count). The third kappa shape index (κ3) is 3.24. The van der Waals surface area contributed by atoms with Crippen molar-refractivity contribution >= 4 is 23.2 Å². The number of piperidine rings is 1. The fourth-order valence-corrected chi connectivity index (χ4v) is 3.76. The minimum absolute atomic E-state index is 0.137. The molecule has 1 aromatic rings. The fraction of sp³-hybridized carbons (Fsp3) is 0.588. The van der Waals surface area contributed by atoms with Gasteiger partial charge in [0.1, 0.15) is 0 Å². The molecule has 1 N–H and O–H groups in total. The SMILES string of the molecule is O=C1CCCCN1c1ccc(C2CCC(O)CC2)cc1Cl. The number of benzene rings is 1. The number of carbonyl (C=O) groups is 1. The summed E-state index contributed by atoms with van der Waals surface area (Å²) in [4.78, 5) is 13.8. The maximum Gasteiger partial charge on any atom is 0.227 e. The number of anilines is 1. The molecule has 1 heterocycles. The van der Waals surface area contributed by atoms with E-state index in [9.17, 15) is 9.90 Å². The highest BCUT2D eigenvalue weighted by atomic mass is 35.5. The Morgan fingerprint density at radius 2 is 1.90 bits per heavy atom. The van der Waals surface area contributed by atoms with Gasteiger partial charge in [-0.05, 0) is 62.1 Å². The number of aliphatic hydroxyl groups excluding tert-OH is 1. The van der Waals surface area contributed by atoms with Crippen molar-refractivity contribution in [3.8, 4) is 0 Å². The zero-order valence-corrected chi connectivity index (χ0v) is 13.0. The lowest BCUT2D eigenvalue weighted by molar-refractivity contribution is -0.119. The molecule has 0 radical (unpaired) electrons. The lowest BCUT2D eigenvalue weighted by atomic mass is 9.83. The van der Waals surface area contributed by atoms with Crippen LogP contribution in [0.25, 0.3) is 0 Å². The van der Waals surface area contributed by atoms with Crippen LogP contribution in [0.1, 0.15) is 56.4 Å². The maximum atomic E-state index is 12.0. The van der Waals surface area contributed by atoms with E-state index in [0.717, 1.165) is 50.8 Å². The van der Waals surface area contributed by atoms with Crippen molar-refractivity contribution < 1.29 is 9.90 Å². The topological polar surface area (TPSA) is 40.5 Å². The van der Waals surface area contributed by atoms with Crippen molar-refractivity contribution in [2.75, 3.05) is 11.4 Å². The van der Waals surface area contributed by atoms with Crippen LogP contribution in [0, 0.1) is 0 Å². The molecule has 1 aliphatic carbocycles. The van der Waals surface area contributed by atoms with Crippen LogP contribution in [0.2, 0.25) is 5.02 Å². The molecule has 2 aliphatic rings. The quantitative estimate of drug-likeness (QED) is 0.901. The first-order chi connectivity index (χ1) is 10.1. The molecule has 1 aromatic carbocycles. The molecule has 4 heteroatoms. The average Bonchev–Trinajstić information content (AvgIpc) is 2.49. The van der Waals surface area contributed by atoms with Gasteiger partial charge >= 0.3 is 0 Å². The number of aliphatic hydroxyl groups is 1. The van der Waals surface area contributed by atoms with Gasteiger partial charge < -0.3 is 10.0 Å². The van der Waals surface area contributed by atoms with Crippen LogP contribution in [-0.4, -0.2) is 23.7 Å². The highest BCUT2D eigenvalue weighted by Crippen LogP contribution is 2.37. The molecule has 1 saturated carbocycles. The highest BCUT2D eigenvalue weighted by molar-refractivity contribution is 6.33. The summed E-state index contributed by atoms with van der Waals surface area (Å²) in [6.07, 6.45) is 6.28. The van der Waals surface area contributed by atoms with Crippen LogP contribution < -0.4 is 4.90 Å². The molecule has 0 bridgehead atoms. The fourth-order valence-electron chi connectivity index (χ4n) is 3.47. The molecule has 0 atom stereocenters. The smallest absolute Gasteiger partial charge is 0.227 e. The van der Waals surface area contributed by atoms with E-state index >= 15 is 0 Å². The zero-order chi connectivity index (χ0) is 14.8. The molecule has 1 amide bonds. The minimum Gasteiger partial charge on any atom is -0.393 e. The van der Waals surface area contributed by atoms with Gasteiger partial charge in [-0.3, -0.25) is 4.79 Å². The normalized spacial score (nSPS) is 27.0. The van der Waals surface area contributed by atoms with E-state index in [1.54, 1.807) is 0 Å². The number of hydrogen-bond acceptors (Lipinski definition) is 2. The van der Waals surface area contributed by atoms with Crippen molar-refractivity contribution in [3.63, 3.8) is 0 Å². The van der Waals surface area contributed by atoms with Crippen LogP contribution >= 0.6 is 11.6 Å². The van der Waals surface area contributed by atoms with Gasteiger partial charge in [0.15, 0.2) is 0 Å². The number of rotatable bonds is 2. The first kappa shape index (κ1) is 14.9. The summed E-state index contributed by atoms with van der Waals surface area (Å²) in [5, 5.41) is 10.3. The Hall–Kier alpha value is -1.06. The molecule has 0 aromatic heterocycles. The Morgan fingerprint density at radius 3 is 2.57 bits per heavy atom. The van der Waals surface area contributed by atoms with E-state index in [1.165, 1.54) is 5.56 Å². The van der Waals surface area contributed by atoms with Gasteiger partial charge in [0.05, 0.1) is 16.8 Å². The number of nitrogens with zero attached hydrogens (tertiary/aromatic N) is 1. The summed E-state index contributed by atoms with van der Waals surface area (Å²) in [7, 11) is 0. The van der Waals surface area contributed by atoms with Crippen LogP contribution in [0.3, 0.4) is 0 Å². The Bertz CT molecular complexity index is 524. The molecule has 0 unspecified atom stereocenters. The minimum atomic E-state index is -0.137. The van der Waals surface area contributed by atoms with Crippen molar-refractivity contribution in [1.82, 2.24) is 0 Å². The third-order valence-electron chi connectivity index (χ3n) is 4.75. The zero-order valence-electron chi connectivity index (χ0n) is 12.2. The van der Waals surface area contributed by atoms with E-state index in [0.29, 0.717) is 17.4 Å². The van der Waals surface area contributed by atoms with Gasteiger partial charge in [-0.15, -0.1) is 0 Å². The second kappa shape index (κ2) is 6.37. The molecule has 0 spiro atoms. The molecule has 1 aliphatic heterocycles. The number of hydrogen-bond donors (Lipinski definition) is 1. The monoisotopic (exact) mass is 307 g/mol. The molecule has 21 heavy (non-hydrogen) atoms. The van der Waals surface area contributed by atoms with E-state index in [4.69, 9.17) is 11.6 Å². The van der Waals surface area contributed by atoms with Gasteiger partial charge in [-0.1, -0.05) is 17.7 Å². The first-order valence-corrected chi connectivity index (χ1v) is 8.31. The standard InChI is InChI=1S/C17H22ClNO2/c18-15-11-13(12-4-7-14(20)8-5-12)6-9-16(15)19-10-2-1-3-17(19)21/h6,9,11-12,14,20H,1-5,7-8,10H2. The highest BCUT2D eigenvalue weighted by Gasteiger charge is 2.24. The number of amides is 1. The lowest BCUT2D eigenvalue weighted by Gasteiger charge is -2.29. The second-order valence-electron chi connectivity index (χ2n) is 6.22. The number of halogens is 1. The molecule has 3 nitrogen and oxygen atoms in total. The average molecular weight is 308 g/mol. The van der Waals surface area contributed by atoms with Crippen molar-refractivity contribution in [3.05, 3.63) is 28.8 Å². The van der Waals surface area contributed by atoms with Gasteiger partial charge in [0.2, 0.25) is 5.91 Å². The van der Waals surface area contributed by atoms with Gasteiger partial charge in [-0.2, -0.15) is 0 Å². The van der Waals surface area contributed by atoms with E-state index in [1.807, 2.05) is 17.0 Å². The lowest BCUT2D eigenvalue weighted by Crippen LogP contribution is -2.35. The van der Waals surface area contributed by atoms with Crippen molar-refractivity contribution in [2.24, 2.45) is 0 Å². The maximum absolute atomic E-state index is 12.0. The van der Waals surface area contributed by atoms with Crippen LogP contribution in [0.15, 0.2) is 18.2 Å². The first-order valence-electron chi connectivity index (χ1n) is 7.93. The molecule has 114 valence electrons. The Kier molecular flexibility index (Phi) is 4.51. The summed E-state index contributed by atoms with van der Waals surface area (Å²) in [6.45, 7) is 0.771. The Morgan fingerprint density at radius 1 is 1.14 bits per heavy atom. The Balaban J connectivity index is 1.78. The predicted molar refractivity (Wildman–Crippen MR) is 84.9 cm³/mol. The summed E-state index contributed by atoms with van der Waals surface area (Å²) in [5.74, 6) is 0.661. The van der Waals surface area contributed by atoms with Gasteiger partial charge in [0, 0.05) is 13.0 Å². The van der Waals surface area contributed by atoms with Gasteiger partial charge in [-0.25, -0.2) is 0 Å². The Labute approximate surface area is 130 Å². The van der Waals surface area contributed by atoms with E-state index < -0.39 is 0 Å². The summed E-state index contributed by atoms with van der Waals surface area (Å²) >= 11 is 6.43. The number of carbonyl (C=O) groups excluding carboxylic acids is 1. The van der Waals surface area contributed by atoms with Crippen molar-refractivity contribution in [1.29, 1.82) is 0 Å². The second-order valence-corrected chi connectivity index (χ2v) is 6.63. The summed E-state index contributed by atoms with van der Waals surface area (Å²) in [6, 6.07) is 6.11. The van der Waals surface area contributed by atoms with Crippen molar-refractivity contribution in [2.45, 2.75) is 57.0 Å². The molecular formula is C17H22ClNO2. The van der Waals surface area contributed by atoms with Crippen LogP contribution in [-0.2, 0) is 4.79 Å². The third-order valence-corrected chi connectivity index (χ3v) is 5.06. The summed E-state index contributed by atoms with van der Waals surface area (Å²) < 4.78 is 0. The molecular weight excluding hydrogens is 286 g/mol. The van der Waals surface area contributed by atoms with Crippen LogP contribution in [0.4, 0.5) is 5.69 Å². The molecule has 2 fully saturated rings. The molecule has 1 saturated heterocycles. The largest absolute Gasteiger partial charge is 0.393 e. The van der Waals surface area contributed by atoms with Crippen LogP contribution in [0.5, 0.6) is 0 Å². The predicted octanol–water partition coefficient (Wildman–Crippen LogP) is 3.88. The van der Waals surface area contributed by atoms with Gasteiger partial charge in [0.25, 0.3) is 0 Å². The summed E-state index contributed by atoms with van der Waals surface area (Å²) in [5.41, 5.74) is 2.08. The van der Waals surface area contributed by atoms with E-state index in [2.05, 4.69) is 6.07 Å².